The lowest BCUT2D eigenvalue weighted by Gasteiger charge is -2.33. The molecule has 0 spiro atoms. The Hall–Kier alpha value is -0.410. The molecule has 0 saturated heterocycles. The van der Waals surface area contributed by atoms with Crippen LogP contribution in [0, 0.1) is 5.92 Å². The Bertz CT molecular complexity index is 262. The van der Waals surface area contributed by atoms with Gasteiger partial charge in [-0.05, 0) is 19.3 Å². The van der Waals surface area contributed by atoms with E-state index in [0.717, 1.165) is 17.3 Å². The van der Waals surface area contributed by atoms with Gasteiger partial charge in [0.05, 0.1) is 5.54 Å². The Kier molecular flexibility index (Phi) is 2.39. The maximum Gasteiger partial charge on any atom is 0.112 e. The molecule has 13 heavy (non-hydrogen) atoms. The molecule has 2 nitrogen and oxygen atoms in total. The lowest BCUT2D eigenvalue weighted by atomic mass is 9.77. The maximum atomic E-state index is 6.24. The van der Waals surface area contributed by atoms with Crippen LogP contribution >= 0.6 is 11.3 Å². The predicted octanol–water partition coefficient (Wildman–Crippen LogP) is 2.51. The van der Waals surface area contributed by atoms with Crippen LogP contribution in [0.1, 0.15) is 37.6 Å². The fourth-order valence-corrected chi connectivity index (χ4v) is 2.61. The highest BCUT2D eigenvalue weighted by Crippen LogP contribution is 2.36. The number of nitrogens with zero attached hydrogens (tertiary/aromatic N) is 1. The van der Waals surface area contributed by atoms with E-state index in [2.05, 4.69) is 11.9 Å². The third-order valence-electron chi connectivity index (χ3n) is 2.86. The Labute approximate surface area is 83.2 Å². The summed E-state index contributed by atoms with van der Waals surface area (Å²) in [5.74, 6) is 0.846. The van der Waals surface area contributed by atoms with Gasteiger partial charge in [-0.3, -0.25) is 0 Å². The topological polar surface area (TPSA) is 38.9 Å². The van der Waals surface area contributed by atoms with Crippen LogP contribution in [0.2, 0.25) is 0 Å². The Morgan fingerprint density at radius 1 is 1.69 bits per heavy atom. The second-order valence-electron chi connectivity index (χ2n) is 4.26. The standard InChI is InChI=1S/C10H16N2S/c1-10(11,7-8-3-2-4-8)9-12-5-6-13-9/h5-6,8H,2-4,7,11H2,1H3. The molecule has 1 saturated carbocycles. The molecule has 2 N–H and O–H groups in total. The average molecular weight is 196 g/mol. The summed E-state index contributed by atoms with van der Waals surface area (Å²) in [5, 5.41) is 3.08. The summed E-state index contributed by atoms with van der Waals surface area (Å²) in [5.41, 5.74) is 6.05. The molecule has 0 amide bonds. The predicted molar refractivity (Wildman–Crippen MR) is 55.6 cm³/mol. The van der Waals surface area contributed by atoms with Crippen LogP contribution in [-0.4, -0.2) is 4.98 Å². The zero-order chi connectivity index (χ0) is 9.31. The summed E-state index contributed by atoms with van der Waals surface area (Å²) in [7, 11) is 0. The van der Waals surface area contributed by atoms with Crippen molar-refractivity contribution in [2.24, 2.45) is 11.7 Å². The van der Waals surface area contributed by atoms with Gasteiger partial charge in [0, 0.05) is 11.6 Å². The van der Waals surface area contributed by atoms with Crippen LogP contribution < -0.4 is 5.73 Å². The van der Waals surface area contributed by atoms with Crippen molar-refractivity contribution in [1.82, 2.24) is 4.98 Å². The van der Waals surface area contributed by atoms with E-state index in [-0.39, 0.29) is 5.54 Å². The molecule has 0 bridgehead atoms. The molecule has 1 heterocycles. The van der Waals surface area contributed by atoms with Crippen molar-refractivity contribution < 1.29 is 0 Å². The number of thiazole rings is 1. The van der Waals surface area contributed by atoms with Gasteiger partial charge in [0.2, 0.25) is 0 Å². The van der Waals surface area contributed by atoms with Crippen molar-refractivity contribution in [2.75, 3.05) is 0 Å². The first kappa shape index (κ1) is 9.16. The SMILES string of the molecule is CC(N)(CC1CCC1)c1nccs1. The molecular formula is C10H16N2S. The van der Waals surface area contributed by atoms with E-state index in [0.29, 0.717) is 0 Å². The summed E-state index contributed by atoms with van der Waals surface area (Å²) in [6.07, 6.45) is 7.04. The molecule has 3 heteroatoms. The zero-order valence-electron chi connectivity index (χ0n) is 7.99. The van der Waals surface area contributed by atoms with Crippen molar-refractivity contribution in [3.05, 3.63) is 16.6 Å². The molecule has 1 aliphatic rings. The summed E-state index contributed by atoms with van der Waals surface area (Å²) in [4.78, 5) is 4.29. The molecule has 1 fully saturated rings. The van der Waals surface area contributed by atoms with Crippen molar-refractivity contribution in [3.8, 4) is 0 Å². The number of rotatable bonds is 3. The lowest BCUT2D eigenvalue weighted by molar-refractivity contribution is 0.235. The minimum absolute atomic E-state index is 0.195. The summed E-state index contributed by atoms with van der Waals surface area (Å²) in [6.45, 7) is 2.10. The Morgan fingerprint density at radius 2 is 2.46 bits per heavy atom. The molecule has 1 atom stereocenters. The van der Waals surface area contributed by atoms with E-state index >= 15 is 0 Å². The molecule has 1 unspecified atom stereocenters. The third-order valence-corrected chi connectivity index (χ3v) is 3.91. The summed E-state index contributed by atoms with van der Waals surface area (Å²) >= 11 is 1.67. The number of hydrogen-bond donors (Lipinski definition) is 1. The normalized spacial score (nSPS) is 22.3. The second-order valence-corrected chi connectivity index (χ2v) is 5.15. The van der Waals surface area contributed by atoms with Crippen molar-refractivity contribution in [2.45, 2.75) is 38.1 Å². The quantitative estimate of drug-likeness (QED) is 0.806. The van der Waals surface area contributed by atoms with Crippen molar-refractivity contribution in [3.63, 3.8) is 0 Å². The van der Waals surface area contributed by atoms with Gasteiger partial charge in [-0.25, -0.2) is 4.98 Å². The van der Waals surface area contributed by atoms with Crippen LogP contribution in [0.3, 0.4) is 0 Å². The minimum atomic E-state index is -0.195. The Balaban J connectivity index is 2.02. The van der Waals surface area contributed by atoms with E-state index in [1.54, 1.807) is 11.3 Å². The Morgan fingerprint density at radius 3 is 2.92 bits per heavy atom. The lowest BCUT2D eigenvalue weighted by Crippen LogP contribution is -2.36. The monoisotopic (exact) mass is 196 g/mol. The highest BCUT2D eigenvalue weighted by Gasteiger charge is 2.30. The molecule has 1 aromatic rings. The minimum Gasteiger partial charge on any atom is -0.320 e. The van der Waals surface area contributed by atoms with Gasteiger partial charge in [-0.2, -0.15) is 0 Å². The van der Waals surface area contributed by atoms with E-state index in [9.17, 15) is 0 Å². The first-order chi connectivity index (χ1) is 6.18. The van der Waals surface area contributed by atoms with Gasteiger partial charge in [0.1, 0.15) is 5.01 Å². The smallest absolute Gasteiger partial charge is 0.112 e. The first-order valence-electron chi connectivity index (χ1n) is 4.87. The van der Waals surface area contributed by atoms with Gasteiger partial charge >= 0.3 is 0 Å². The summed E-state index contributed by atoms with van der Waals surface area (Å²) in [6, 6.07) is 0. The van der Waals surface area contributed by atoms with Crippen LogP contribution in [0.4, 0.5) is 0 Å². The molecule has 1 aliphatic carbocycles. The van der Waals surface area contributed by atoms with Crippen LogP contribution in [0.5, 0.6) is 0 Å². The molecule has 1 aromatic heterocycles. The third kappa shape index (κ3) is 1.92. The van der Waals surface area contributed by atoms with Gasteiger partial charge < -0.3 is 5.73 Å². The van der Waals surface area contributed by atoms with Gasteiger partial charge in [0.15, 0.2) is 0 Å². The average Bonchev–Trinajstić information content (AvgIpc) is 2.49. The second kappa shape index (κ2) is 3.39. The van der Waals surface area contributed by atoms with Gasteiger partial charge in [-0.1, -0.05) is 19.3 Å². The van der Waals surface area contributed by atoms with Crippen molar-refractivity contribution >= 4 is 11.3 Å². The van der Waals surface area contributed by atoms with E-state index < -0.39 is 0 Å². The van der Waals surface area contributed by atoms with Crippen LogP contribution in [0.25, 0.3) is 0 Å². The van der Waals surface area contributed by atoms with Crippen molar-refractivity contribution in [1.29, 1.82) is 0 Å². The highest BCUT2D eigenvalue weighted by molar-refractivity contribution is 7.09. The number of nitrogens with two attached hydrogens (primary N) is 1. The maximum absolute atomic E-state index is 6.24. The molecular weight excluding hydrogens is 180 g/mol. The highest BCUT2D eigenvalue weighted by atomic mass is 32.1. The first-order valence-corrected chi connectivity index (χ1v) is 5.75. The fraction of sp³-hybridized carbons (Fsp3) is 0.700. The zero-order valence-corrected chi connectivity index (χ0v) is 8.81. The molecule has 0 aromatic carbocycles. The largest absolute Gasteiger partial charge is 0.320 e. The number of aromatic nitrogens is 1. The van der Waals surface area contributed by atoms with Crippen LogP contribution in [-0.2, 0) is 5.54 Å². The molecule has 0 radical (unpaired) electrons. The van der Waals surface area contributed by atoms with Gasteiger partial charge in [-0.15, -0.1) is 11.3 Å². The molecule has 72 valence electrons. The fourth-order valence-electron chi connectivity index (χ4n) is 1.89. The van der Waals surface area contributed by atoms with E-state index in [1.807, 2.05) is 11.6 Å². The van der Waals surface area contributed by atoms with Crippen LogP contribution in [0.15, 0.2) is 11.6 Å². The number of hydrogen-bond acceptors (Lipinski definition) is 3. The van der Waals surface area contributed by atoms with E-state index in [1.165, 1.54) is 19.3 Å². The van der Waals surface area contributed by atoms with E-state index in [4.69, 9.17) is 5.73 Å². The molecule has 2 rings (SSSR count). The summed E-state index contributed by atoms with van der Waals surface area (Å²) < 4.78 is 0. The van der Waals surface area contributed by atoms with Gasteiger partial charge in [0.25, 0.3) is 0 Å². The molecule has 0 aliphatic heterocycles.